The molecule has 2 N–H and O–H groups in total. The van der Waals surface area contributed by atoms with Gasteiger partial charge in [0.25, 0.3) is 0 Å². The smallest absolute Gasteiger partial charge is 0.230 e. The summed E-state index contributed by atoms with van der Waals surface area (Å²) in [4.78, 5) is 13.1. The lowest BCUT2D eigenvalue weighted by atomic mass is 9.49. The van der Waals surface area contributed by atoms with Gasteiger partial charge in [0.1, 0.15) is 0 Å². The second-order valence-electron chi connectivity index (χ2n) is 7.88. The molecule has 4 aliphatic carbocycles. The molecule has 0 unspecified atom stereocenters. The minimum atomic E-state index is -0.211. The van der Waals surface area contributed by atoms with E-state index in [9.17, 15) is 9.90 Å². The maximum Gasteiger partial charge on any atom is 0.230 e. The van der Waals surface area contributed by atoms with Crippen LogP contribution in [0.15, 0.2) is 12.1 Å². The summed E-state index contributed by atoms with van der Waals surface area (Å²) in [5.74, 6) is 2.94. The van der Waals surface area contributed by atoms with Gasteiger partial charge in [-0.05, 0) is 56.3 Å². The fourth-order valence-corrected chi connectivity index (χ4v) is 5.67. The first-order valence-corrected chi connectivity index (χ1v) is 9.79. The molecule has 4 saturated carbocycles. The number of hydrogen-bond donors (Lipinski definition) is 2. The number of amides is 1. The Balaban J connectivity index is 0.000000948. The summed E-state index contributed by atoms with van der Waals surface area (Å²) in [7, 11) is 2.99. The number of carbonyl (C=O) groups is 1. The maximum atomic E-state index is 13.1. The van der Waals surface area contributed by atoms with E-state index in [1.807, 2.05) is 13.8 Å². The molecule has 0 radical (unpaired) electrons. The molecule has 5 heteroatoms. The fourth-order valence-electron chi connectivity index (χ4n) is 5.67. The van der Waals surface area contributed by atoms with Gasteiger partial charge in [0.2, 0.25) is 11.7 Å². The molecule has 26 heavy (non-hydrogen) atoms. The van der Waals surface area contributed by atoms with Crippen LogP contribution in [0.5, 0.6) is 17.2 Å². The fraction of sp³-hybridized carbons (Fsp3) is 0.667. The van der Waals surface area contributed by atoms with E-state index in [2.05, 4.69) is 5.32 Å². The van der Waals surface area contributed by atoms with E-state index in [0.29, 0.717) is 11.4 Å². The third kappa shape index (κ3) is 3.24. The molecule has 4 bridgehead atoms. The van der Waals surface area contributed by atoms with Gasteiger partial charge in [-0.25, -0.2) is 0 Å². The number of anilines is 1. The van der Waals surface area contributed by atoms with Crippen LogP contribution in [0.25, 0.3) is 0 Å². The highest BCUT2D eigenvalue weighted by Crippen LogP contribution is 2.60. The van der Waals surface area contributed by atoms with Gasteiger partial charge in [-0.2, -0.15) is 0 Å². The highest BCUT2D eigenvalue weighted by atomic mass is 16.5. The Hall–Kier alpha value is -1.91. The van der Waals surface area contributed by atoms with Gasteiger partial charge in [0.05, 0.1) is 19.6 Å². The van der Waals surface area contributed by atoms with Crippen LogP contribution < -0.4 is 14.8 Å². The van der Waals surface area contributed by atoms with Crippen molar-refractivity contribution in [3.8, 4) is 17.2 Å². The van der Waals surface area contributed by atoms with E-state index in [1.165, 1.54) is 39.5 Å². The van der Waals surface area contributed by atoms with E-state index in [0.717, 1.165) is 37.0 Å². The van der Waals surface area contributed by atoms with E-state index in [1.54, 1.807) is 6.07 Å². The third-order valence-corrected chi connectivity index (χ3v) is 6.24. The second-order valence-corrected chi connectivity index (χ2v) is 7.88. The molecule has 0 atom stereocenters. The Morgan fingerprint density at radius 2 is 1.58 bits per heavy atom. The van der Waals surface area contributed by atoms with E-state index in [-0.39, 0.29) is 22.8 Å². The van der Waals surface area contributed by atoms with Crippen LogP contribution in [0.2, 0.25) is 0 Å². The molecule has 0 aromatic heterocycles. The van der Waals surface area contributed by atoms with E-state index < -0.39 is 0 Å². The third-order valence-electron chi connectivity index (χ3n) is 6.24. The lowest BCUT2D eigenvalue weighted by molar-refractivity contribution is -0.140. The lowest BCUT2D eigenvalue weighted by Crippen LogP contribution is -2.51. The molecule has 144 valence electrons. The van der Waals surface area contributed by atoms with Crippen LogP contribution in [0, 0.1) is 23.2 Å². The number of aromatic hydroxyl groups is 1. The molecule has 0 spiro atoms. The monoisotopic (exact) mass is 361 g/mol. The highest BCUT2D eigenvalue weighted by Gasteiger charge is 2.54. The zero-order valence-electron chi connectivity index (χ0n) is 16.3. The second kappa shape index (κ2) is 7.37. The average molecular weight is 361 g/mol. The van der Waals surface area contributed by atoms with Crippen molar-refractivity contribution in [1.82, 2.24) is 0 Å². The summed E-state index contributed by atoms with van der Waals surface area (Å²) in [6.07, 6.45) is 6.98. The lowest BCUT2D eigenvalue weighted by Gasteiger charge is -2.55. The predicted octanol–water partition coefficient (Wildman–Crippen LogP) is 4.59. The number of rotatable bonds is 4. The van der Waals surface area contributed by atoms with Crippen LogP contribution in [-0.2, 0) is 4.79 Å². The number of ether oxygens (including phenoxy) is 2. The Kier molecular flexibility index (Phi) is 5.35. The highest BCUT2D eigenvalue weighted by molar-refractivity contribution is 5.96. The number of nitrogens with one attached hydrogen (secondary N) is 1. The van der Waals surface area contributed by atoms with Crippen molar-refractivity contribution in [2.45, 2.75) is 52.4 Å². The molecule has 0 heterocycles. The van der Waals surface area contributed by atoms with Gasteiger partial charge in [-0.1, -0.05) is 13.8 Å². The Bertz CT molecular complexity index is 635. The van der Waals surface area contributed by atoms with Gasteiger partial charge in [0, 0.05) is 17.8 Å². The number of methoxy groups -OCH3 is 2. The summed E-state index contributed by atoms with van der Waals surface area (Å²) >= 11 is 0. The minimum Gasteiger partial charge on any atom is -0.504 e. The Morgan fingerprint density at radius 1 is 1.04 bits per heavy atom. The Labute approximate surface area is 156 Å². The van der Waals surface area contributed by atoms with E-state index in [4.69, 9.17) is 9.47 Å². The SMILES string of the molecule is CC.COc1cc(NC(=O)C23CC4CC(CC(C4)C2)C3)cc(O)c1OC. The van der Waals surface area contributed by atoms with Crippen molar-refractivity contribution in [3.05, 3.63) is 12.1 Å². The van der Waals surface area contributed by atoms with Crippen molar-refractivity contribution in [2.24, 2.45) is 23.2 Å². The zero-order chi connectivity index (χ0) is 18.9. The number of benzene rings is 1. The van der Waals surface area contributed by atoms with Gasteiger partial charge in [0.15, 0.2) is 11.5 Å². The number of carbonyl (C=O) groups excluding carboxylic acids is 1. The average Bonchev–Trinajstić information content (AvgIpc) is 2.61. The molecule has 5 nitrogen and oxygen atoms in total. The van der Waals surface area contributed by atoms with Crippen molar-refractivity contribution in [2.75, 3.05) is 19.5 Å². The minimum absolute atomic E-state index is 0.0299. The van der Waals surface area contributed by atoms with Gasteiger partial charge >= 0.3 is 0 Å². The van der Waals surface area contributed by atoms with Crippen LogP contribution in [0.1, 0.15) is 52.4 Å². The normalized spacial score (nSPS) is 31.0. The molecule has 0 aliphatic heterocycles. The largest absolute Gasteiger partial charge is 0.504 e. The van der Waals surface area contributed by atoms with Crippen LogP contribution in [-0.4, -0.2) is 25.2 Å². The molecule has 1 aromatic rings. The first-order chi connectivity index (χ1) is 12.5. The number of phenols is 1. The topological polar surface area (TPSA) is 67.8 Å². The zero-order valence-corrected chi connectivity index (χ0v) is 16.3. The molecule has 1 amide bonds. The van der Waals surface area contributed by atoms with Crippen molar-refractivity contribution >= 4 is 11.6 Å². The van der Waals surface area contributed by atoms with Crippen molar-refractivity contribution < 1.29 is 19.4 Å². The maximum absolute atomic E-state index is 13.1. The molecule has 4 aliphatic rings. The number of phenolic OH excluding ortho intramolecular Hbond substituents is 1. The van der Waals surface area contributed by atoms with E-state index >= 15 is 0 Å². The van der Waals surface area contributed by atoms with Crippen molar-refractivity contribution in [3.63, 3.8) is 0 Å². The first-order valence-electron chi connectivity index (χ1n) is 9.79. The van der Waals surface area contributed by atoms with Gasteiger partial charge < -0.3 is 19.9 Å². The summed E-state index contributed by atoms with van der Waals surface area (Å²) < 4.78 is 10.4. The summed E-state index contributed by atoms with van der Waals surface area (Å²) in [5, 5.41) is 13.1. The standard InChI is InChI=1S/C19H25NO4.C2H6/c1-23-16-7-14(6-15(21)17(16)24-2)20-18(22)19-8-11-3-12(9-19)5-13(4-11)10-19;1-2/h6-7,11-13,21H,3-5,8-10H2,1-2H3,(H,20,22);1-2H3. The van der Waals surface area contributed by atoms with Crippen LogP contribution in [0.3, 0.4) is 0 Å². The summed E-state index contributed by atoms with van der Waals surface area (Å²) in [6.45, 7) is 4.00. The Morgan fingerprint density at radius 3 is 2.04 bits per heavy atom. The molecule has 1 aromatic carbocycles. The predicted molar refractivity (Wildman–Crippen MR) is 102 cm³/mol. The molecular weight excluding hydrogens is 330 g/mol. The van der Waals surface area contributed by atoms with Crippen LogP contribution >= 0.6 is 0 Å². The molecular formula is C21H31NO4. The molecule has 0 saturated heterocycles. The van der Waals surface area contributed by atoms with Gasteiger partial charge in [-0.15, -0.1) is 0 Å². The number of hydrogen-bond acceptors (Lipinski definition) is 4. The van der Waals surface area contributed by atoms with Gasteiger partial charge in [-0.3, -0.25) is 4.79 Å². The molecule has 4 fully saturated rings. The summed E-state index contributed by atoms with van der Waals surface area (Å²) in [5.41, 5.74) is 0.350. The quantitative estimate of drug-likeness (QED) is 0.823. The van der Waals surface area contributed by atoms with Crippen LogP contribution in [0.4, 0.5) is 5.69 Å². The molecule has 5 rings (SSSR count). The summed E-state index contributed by atoms with van der Waals surface area (Å²) in [6, 6.07) is 3.23. The van der Waals surface area contributed by atoms with Crippen molar-refractivity contribution in [1.29, 1.82) is 0 Å². The first kappa shape index (κ1) is 18.9.